The number of rotatable bonds is 8. The maximum atomic E-state index is 5.34. The minimum atomic E-state index is 0.787. The summed E-state index contributed by atoms with van der Waals surface area (Å²) in [5.41, 5.74) is 6.41. The molecular formula is C14H28N4. The number of aryl methyl sites for hydroxylation is 1. The molecule has 0 saturated carbocycles. The lowest BCUT2D eigenvalue weighted by atomic mass is 10.4. The molecule has 4 heteroatoms. The minimum Gasteiger partial charge on any atom is -0.330 e. The second kappa shape index (κ2) is 14.1. The topological polar surface area (TPSA) is 63.0 Å². The van der Waals surface area contributed by atoms with Gasteiger partial charge >= 0.3 is 0 Å². The fourth-order valence-corrected chi connectivity index (χ4v) is 1.28. The Labute approximate surface area is 111 Å². The molecule has 0 amide bonds. The van der Waals surface area contributed by atoms with Gasteiger partial charge in [-0.1, -0.05) is 13.0 Å². The Bertz CT molecular complexity index is 243. The largest absolute Gasteiger partial charge is 0.330 e. The van der Waals surface area contributed by atoms with Crippen LogP contribution in [0, 0.1) is 6.92 Å². The van der Waals surface area contributed by atoms with Crippen molar-refractivity contribution in [1.82, 2.24) is 15.6 Å². The molecule has 0 aromatic carbocycles. The first kappa shape index (κ1) is 17.0. The Morgan fingerprint density at radius 1 is 1.11 bits per heavy atom. The smallest absolute Gasteiger partial charge is 0.0372 e. The van der Waals surface area contributed by atoms with E-state index in [2.05, 4.69) is 22.5 Å². The molecule has 0 radical (unpaired) electrons. The lowest BCUT2D eigenvalue weighted by Crippen LogP contribution is -2.29. The second-order valence-electron chi connectivity index (χ2n) is 4.11. The number of pyridine rings is 1. The van der Waals surface area contributed by atoms with Crippen LogP contribution in [0.4, 0.5) is 0 Å². The zero-order chi connectivity index (χ0) is 13.5. The first-order valence-corrected chi connectivity index (χ1v) is 6.80. The molecule has 0 aliphatic carbocycles. The van der Waals surface area contributed by atoms with Crippen LogP contribution in [-0.4, -0.2) is 37.7 Å². The van der Waals surface area contributed by atoms with Gasteiger partial charge in [-0.25, -0.2) is 0 Å². The van der Waals surface area contributed by atoms with Crippen molar-refractivity contribution in [3.63, 3.8) is 0 Å². The number of nitrogens with zero attached hydrogens (tertiary/aromatic N) is 1. The van der Waals surface area contributed by atoms with E-state index in [0.29, 0.717) is 0 Å². The molecule has 0 atom stereocenters. The number of hydrogen-bond acceptors (Lipinski definition) is 4. The Hall–Kier alpha value is -0.970. The predicted molar refractivity (Wildman–Crippen MR) is 78.7 cm³/mol. The molecule has 18 heavy (non-hydrogen) atoms. The maximum Gasteiger partial charge on any atom is 0.0372 e. The van der Waals surface area contributed by atoms with Crippen LogP contribution in [0.1, 0.15) is 25.5 Å². The molecule has 1 aromatic rings. The number of hydrogen-bond donors (Lipinski definition) is 3. The molecule has 0 spiro atoms. The van der Waals surface area contributed by atoms with Crippen LogP contribution in [-0.2, 0) is 0 Å². The first-order chi connectivity index (χ1) is 8.81. The van der Waals surface area contributed by atoms with Gasteiger partial charge in [-0.3, -0.25) is 4.98 Å². The summed E-state index contributed by atoms with van der Waals surface area (Å²) in [5.74, 6) is 0. The van der Waals surface area contributed by atoms with Gasteiger partial charge in [0.15, 0.2) is 0 Å². The molecule has 0 bridgehead atoms. The standard InChI is InChI=1S/C8H21N3.C6H7N/c1-2-5-10-7-8-11-6-3-4-9;1-6-4-2-3-5-7-6/h10-11H,2-9H2,1H3;2-5H,1H3. The van der Waals surface area contributed by atoms with Crippen molar-refractivity contribution in [3.05, 3.63) is 30.1 Å². The summed E-state index contributed by atoms with van der Waals surface area (Å²) in [6.07, 6.45) is 4.08. The van der Waals surface area contributed by atoms with Gasteiger partial charge in [0.1, 0.15) is 0 Å². The van der Waals surface area contributed by atoms with Crippen LogP contribution in [0.25, 0.3) is 0 Å². The van der Waals surface area contributed by atoms with Gasteiger partial charge in [0.25, 0.3) is 0 Å². The summed E-state index contributed by atoms with van der Waals surface area (Å²) in [6.45, 7) is 9.23. The van der Waals surface area contributed by atoms with E-state index in [4.69, 9.17) is 5.73 Å². The van der Waals surface area contributed by atoms with Crippen molar-refractivity contribution in [1.29, 1.82) is 0 Å². The summed E-state index contributed by atoms with van der Waals surface area (Å²) in [5, 5.41) is 6.62. The van der Waals surface area contributed by atoms with Gasteiger partial charge in [0.05, 0.1) is 0 Å². The van der Waals surface area contributed by atoms with E-state index in [1.54, 1.807) is 6.20 Å². The molecule has 1 rings (SSSR count). The number of nitrogens with two attached hydrogens (primary N) is 1. The number of nitrogens with one attached hydrogen (secondary N) is 2. The monoisotopic (exact) mass is 252 g/mol. The van der Waals surface area contributed by atoms with Gasteiger partial charge < -0.3 is 16.4 Å². The summed E-state index contributed by atoms with van der Waals surface area (Å²) in [7, 11) is 0. The second-order valence-corrected chi connectivity index (χ2v) is 4.11. The SMILES string of the molecule is CCCNCCNCCCN.Cc1ccccn1. The van der Waals surface area contributed by atoms with Gasteiger partial charge in [-0.2, -0.15) is 0 Å². The minimum absolute atomic E-state index is 0.787. The van der Waals surface area contributed by atoms with Gasteiger partial charge in [-0.15, -0.1) is 0 Å². The average Bonchev–Trinajstić information content (AvgIpc) is 2.39. The molecule has 0 unspecified atom stereocenters. The molecule has 1 aromatic heterocycles. The lowest BCUT2D eigenvalue weighted by molar-refractivity contribution is 0.596. The van der Waals surface area contributed by atoms with Crippen LogP contribution in [0.5, 0.6) is 0 Å². The molecule has 104 valence electrons. The summed E-state index contributed by atoms with van der Waals surface area (Å²) in [4.78, 5) is 3.98. The van der Waals surface area contributed by atoms with Gasteiger partial charge in [0.2, 0.25) is 0 Å². The summed E-state index contributed by atoms with van der Waals surface area (Å²) < 4.78 is 0. The highest BCUT2D eigenvalue weighted by atomic mass is 14.9. The van der Waals surface area contributed by atoms with Crippen molar-refractivity contribution >= 4 is 0 Å². The molecule has 4 nitrogen and oxygen atoms in total. The van der Waals surface area contributed by atoms with E-state index in [9.17, 15) is 0 Å². The highest BCUT2D eigenvalue weighted by Gasteiger charge is 1.85. The highest BCUT2D eigenvalue weighted by molar-refractivity contribution is 4.99. The highest BCUT2D eigenvalue weighted by Crippen LogP contribution is 1.86. The third-order valence-corrected chi connectivity index (χ3v) is 2.28. The summed E-state index contributed by atoms with van der Waals surface area (Å²) in [6, 6.07) is 5.86. The van der Waals surface area contributed by atoms with Crippen molar-refractivity contribution in [2.24, 2.45) is 5.73 Å². The van der Waals surface area contributed by atoms with E-state index >= 15 is 0 Å². The third kappa shape index (κ3) is 13.1. The van der Waals surface area contributed by atoms with Crippen LogP contribution < -0.4 is 16.4 Å². The Morgan fingerprint density at radius 2 is 1.83 bits per heavy atom. The van der Waals surface area contributed by atoms with Gasteiger partial charge in [-0.05, 0) is 51.5 Å². The Morgan fingerprint density at radius 3 is 2.28 bits per heavy atom. The van der Waals surface area contributed by atoms with Crippen LogP contribution >= 0.6 is 0 Å². The third-order valence-electron chi connectivity index (χ3n) is 2.28. The summed E-state index contributed by atoms with van der Waals surface area (Å²) >= 11 is 0. The quantitative estimate of drug-likeness (QED) is 0.611. The van der Waals surface area contributed by atoms with E-state index in [1.807, 2.05) is 25.1 Å². The van der Waals surface area contributed by atoms with E-state index < -0.39 is 0 Å². The molecule has 1 heterocycles. The Kier molecular flexibility index (Phi) is 13.3. The fraction of sp³-hybridized carbons (Fsp3) is 0.643. The van der Waals surface area contributed by atoms with Crippen molar-refractivity contribution in [2.45, 2.75) is 26.7 Å². The molecule has 0 aliphatic rings. The molecule has 0 fully saturated rings. The zero-order valence-electron chi connectivity index (χ0n) is 11.8. The van der Waals surface area contributed by atoms with Crippen molar-refractivity contribution in [2.75, 3.05) is 32.7 Å². The number of aromatic nitrogens is 1. The normalized spacial score (nSPS) is 9.72. The molecular weight excluding hydrogens is 224 g/mol. The van der Waals surface area contributed by atoms with Crippen molar-refractivity contribution < 1.29 is 0 Å². The molecule has 0 saturated heterocycles. The van der Waals surface area contributed by atoms with Gasteiger partial charge in [0, 0.05) is 25.0 Å². The lowest BCUT2D eigenvalue weighted by Gasteiger charge is -2.04. The molecule has 0 aliphatic heterocycles. The van der Waals surface area contributed by atoms with E-state index in [0.717, 1.165) is 44.8 Å². The van der Waals surface area contributed by atoms with Crippen molar-refractivity contribution in [3.8, 4) is 0 Å². The van der Waals surface area contributed by atoms with Crippen LogP contribution in [0.2, 0.25) is 0 Å². The maximum absolute atomic E-state index is 5.34. The van der Waals surface area contributed by atoms with E-state index in [-0.39, 0.29) is 0 Å². The van der Waals surface area contributed by atoms with E-state index in [1.165, 1.54) is 6.42 Å². The zero-order valence-corrected chi connectivity index (χ0v) is 11.8. The predicted octanol–water partition coefficient (Wildman–Crippen LogP) is 1.31. The van der Waals surface area contributed by atoms with Crippen LogP contribution in [0.15, 0.2) is 24.4 Å². The average molecular weight is 252 g/mol. The molecule has 4 N–H and O–H groups in total. The first-order valence-electron chi connectivity index (χ1n) is 6.80. The Balaban J connectivity index is 0.000000351. The van der Waals surface area contributed by atoms with Crippen LogP contribution in [0.3, 0.4) is 0 Å². The fourth-order valence-electron chi connectivity index (χ4n) is 1.28.